The van der Waals surface area contributed by atoms with Gasteiger partial charge in [0, 0.05) is 0 Å². The monoisotopic (exact) mass is 958 g/mol. The van der Waals surface area contributed by atoms with Crippen molar-refractivity contribution in [1.82, 2.24) is 5.32 Å². The highest BCUT2D eigenvalue weighted by molar-refractivity contribution is 5.80. The van der Waals surface area contributed by atoms with Crippen LogP contribution >= 0.6 is 0 Å². The van der Waals surface area contributed by atoms with Crippen molar-refractivity contribution < 1.29 is 50.0 Å². The maximum Gasteiger partial charge on any atom is 0.249 e. The van der Waals surface area contributed by atoms with Gasteiger partial charge in [0.1, 0.15) is 36.6 Å². The third kappa shape index (κ3) is 35.0. The highest BCUT2D eigenvalue weighted by Gasteiger charge is 2.44. The van der Waals surface area contributed by atoms with Crippen molar-refractivity contribution in [2.45, 2.75) is 339 Å². The summed E-state index contributed by atoms with van der Waals surface area (Å²) in [6.45, 7) is 3.49. The smallest absolute Gasteiger partial charge is 0.249 e. The van der Waals surface area contributed by atoms with Crippen molar-refractivity contribution in [3.8, 4) is 0 Å². The Balaban J connectivity index is 2.28. The molecule has 67 heavy (non-hydrogen) atoms. The van der Waals surface area contributed by atoms with Gasteiger partial charge >= 0.3 is 0 Å². The zero-order chi connectivity index (χ0) is 49.0. The molecule has 0 saturated carbocycles. The molecule has 400 valence electrons. The van der Waals surface area contributed by atoms with Crippen LogP contribution in [-0.4, -0.2) is 110 Å². The fourth-order valence-corrected chi connectivity index (χ4v) is 9.68. The Hall–Kier alpha value is -0.890. The fraction of sp³-hybridized carbons (Fsp3) is 0.982. The molecule has 0 radical (unpaired) electrons. The Morgan fingerprint density at radius 1 is 0.463 bits per heavy atom. The lowest BCUT2D eigenvalue weighted by atomic mass is 9.98. The van der Waals surface area contributed by atoms with E-state index >= 15 is 0 Å². The molecule has 0 bridgehead atoms. The largest absolute Gasteiger partial charge is 0.394 e. The summed E-state index contributed by atoms with van der Waals surface area (Å²) in [4.78, 5) is 13.1. The summed E-state index contributed by atoms with van der Waals surface area (Å²) in [5.41, 5.74) is 0. The van der Waals surface area contributed by atoms with Crippen LogP contribution in [0.1, 0.15) is 284 Å². The summed E-state index contributed by atoms with van der Waals surface area (Å²) in [6, 6.07) is -1.16. The lowest BCUT2D eigenvalue weighted by molar-refractivity contribution is -0.303. The van der Waals surface area contributed by atoms with E-state index in [9.17, 15) is 40.5 Å². The minimum Gasteiger partial charge on any atom is -0.394 e. The molecule has 0 spiro atoms. The van der Waals surface area contributed by atoms with E-state index < -0.39 is 74.2 Å². The third-order valence-corrected chi connectivity index (χ3v) is 14.4. The van der Waals surface area contributed by atoms with Gasteiger partial charge in [-0.3, -0.25) is 4.79 Å². The highest BCUT2D eigenvalue weighted by Crippen LogP contribution is 2.24. The quantitative estimate of drug-likeness (QED) is 0.0273. The number of aliphatic hydroxyl groups is 7. The summed E-state index contributed by atoms with van der Waals surface area (Å²) >= 11 is 0. The number of hydrogen-bond acceptors (Lipinski definition) is 10. The van der Waals surface area contributed by atoms with Crippen LogP contribution in [0.5, 0.6) is 0 Å². The van der Waals surface area contributed by atoms with Gasteiger partial charge in [0.15, 0.2) is 6.29 Å². The Bertz CT molecular complexity index is 1050. The lowest BCUT2D eigenvalue weighted by Crippen LogP contribution is -2.60. The van der Waals surface area contributed by atoms with E-state index in [1.54, 1.807) is 0 Å². The first-order chi connectivity index (χ1) is 32.7. The molecular formula is C56H111NO10. The van der Waals surface area contributed by atoms with Gasteiger partial charge in [0.05, 0.1) is 25.4 Å². The molecule has 0 aromatic rings. The number of carbonyl (C=O) groups is 1. The average Bonchev–Trinajstić information content (AvgIpc) is 3.33. The van der Waals surface area contributed by atoms with Crippen LogP contribution in [0.4, 0.5) is 0 Å². The molecule has 11 heteroatoms. The Kier molecular flexibility index (Phi) is 44.2. The van der Waals surface area contributed by atoms with Crippen LogP contribution in [0.3, 0.4) is 0 Å². The van der Waals surface area contributed by atoms with Crippen molar-refractivity contribution in [1.29, 1.82) is 0 Å². The summed E-state index contributed by atoms with van der Waals surface area (Å²) in [5, 5.41) is 76.1. The normalized spacial score (nSPS) is 20.5. The van der Waals surface area contributed by atoms with Crippen molar-refractivity contribution in [3.63, 3.8) is 0 Å². The first-order valence-corrected chi connectivity index (χ1v) is 28.9. The molecule has 11 nitrogen and oxygen atoms in total. The zero-order valence-corrected chi connectivity index (χ0v) is 43.7. The first kappa shape index (κ1) is 64.1. The van der Waals surface area contributed by atoms with Crippen LogP contribution in [-0.2, 0) is 14.3 Å². The second-order valence-electron chi connectivity index (χ2n) is 20.7. The molecule has 0 aromatic heterocycles. The number of amides is 1. The second-order valence-corrected chi connectivity index (χ2v) is 20.7. The van der Waals surface area contributed by atoms with Crippen molar-refractivity contribution in [2.24, 2.45) is 0 Å². The standard InChI is InChI=1S/C56H111NO10/c1-3-5-7-9-11-13-15-17-19-20-21-22-23-24-25-26-27-28-30-31-33-35-37-39-41-43-48(59)51(61)47(46-66-56-54(64)53(63)52(62)50(45-58)67-56)57-55(65)49(60)44-42-40-38-36-34-32-29-18-16-14-12-10-8-6-4-2/h47-54,56,58-64H,3-46H2,1-2H3,(H,57,65). The molecule has 1 saturated heterocycles. The predicted octanol–water partition coefficient (Wildman–Crippen LogP) is 11.8. The van der Waals surface area contributed by atoms with Gasteiger partial charge in [-0.1, -0.05) is 271 Å². The van der Waals surface area contributed by atoms with Gasteiger partial charge in [-0.25, -0.2) is 0 Å². The van der Waals surface area contributed by atoms with Gasteiger partial charge in [0.2, 0.25) is 5.91 Å². The number of carbonyl (C=O) groups excluding carboxylic acids is 1. The number of nitrogens with one attached hydrogen (secondary N) is 1. The molecule has 1 heterocycles. The second kappa shape index (κ2) is 46.2. The van der Waals surface area contributed by atoms with Gasteiger partial charge in [-0.2, -0.15) is 0 Å². The molecule has 9 unspecified atom stereocenters. The van der Waals surface area contributed by atoms with E-state index in [0.717, 1.165) is 38.5 Å². The Labute approximate surface area is 411 Å². The minimum atomic E-state index is -1.66. The van der Waals surface area contributed by atoms with Crippen molar-refractivity contribution >= 4 is 5.91 Å². The minimum absolute atomic E-state index is 0.266. The van der Waals surface area contributed by atoms with Crippen LogP contribution in [0, 0.1) is 0 Å². The third-order valence-electron chi connectivity index (χ3n) is 14.4. The van der Waals surface area contributed by atoms with Crippen molar-refractivity contribution in [3.05, 3.63) is 0 Å². The molecule has 9 atom stereocenters. The lowest BCUT2D eigenvalue weighted by Gasteiger charge is -2.40. The predicted molar refractivity (Wildman–Crippen MR) is 275 cm³/mol. The van der Waals surface area contributed by atoms with Crippen LogP contribution in [0.2, 0.25) is 0 Å². The van der Waals surface area contributed by atoms with Gasteiger partial charge in [-0.05, 0) is 12.8 Å². The molecule has 1 aliphatic rings. The van der Waals surface area contributed by atoms with E-state index in [0.29, 0.717) is 19.3 Å². The Morgan fingerprint density at radius 3 is 1.10 bits per heavy atom. The van der Waals surface area contributed by atoms with Gasteiger partial charge < -0.3 is 50.5 Å². The van der Waals surface area contributed by atoms with Gasteiger partial charge in [-0.15, -0.1) is 0 Å². The van der Waals surface area contributed by atoms with Crippen LogP contribution in [0.25, 0.3) is 0 Å². The molecule has 1 rings (SSSR count). The maximum atomic E-state index is 13.1. The molecule has 1 fully saturated rings. The van der Waals surface area contributed by atoms with E-state index in [1.807, 2.05) is 0 Å². The SMILES string of the molecule is CCCCCCCCCCCCCCCCCCCCCCCCCCCC(O)C(O)C(COC1OC(CO)C(O)C(O)C1O)NC(=O)C(O)CCCCCCCCCCCCCCCCC. The first-order valence-electron chi connectivity index (χ1n) is 28.9. The molecule has 0 aromatic carbocycles. The van der Waals surface area contributed by atoms with E-state index in [2.05, 4.69) is 19.2 Å². The van der Waals surface area contributed by atoms with Crippen molar-refractivity contribution in [2.75, 3.05) is 13.2 Å². The summed E-state index contributed by atoms with van der Waals surface area (Å²) in [5.74, 6) is -0.691. The summed E-state index contributed by atoms with van der Waals surface area (Å²) in [7, 11) is 0. The van der Waals surface area contributed by atoms with Crippen LogP contribution < -0.4 is 5.32 Å². The Morgan fingerprint density at radius 2 is 0.776 bits per heavy atom. The van der Waals surface area contributed by atoms with E-state index in [4.69, 9.17) is 9.47 Å². The van der Waals surface area contributed by atoms with Crippen LogP contribution in [0.15, 0.2) is 0 Å². The van der Waals surface area contributed by atoms with Gasteiger partial charge in [0.25, 0.3) is 0 Å². The number of unbranched alkanes of at least 4 members (excludes halogenated alkanes) is 38. The number of hydrogen-bond donors (Lipinski definition) is 8. The molecule has 0 aliphatic carbocycles. The van der Waals surface area contributed by atoms with E-state index in [1.165, 1.54) is 205 Å². The zero-order valence-electron chi connectivity index (χ0n) is 43.7. The molecule has 8 N–H and O–H groups in total. The molecule has 1 amide bonds. The maximum absolute atomic E-state index is 13.1. The highest BCUT2D eigenvalue weighted by atomic mass is 16.7. The topological polar surface area (TPSA) is 189 Å². The summed E-state index contributed by atoms with van der Waals surface area (Å²) < 4.78 is 11.1. The summed E-state index contributed by atoms with van der Waals surface area (Å²) in [6.07, 6.45) is 40.1. The fourth-order valence-electron chi connectivity index (χ4n) is 9.68. The number of aliphatic hydroxyl groups excluding tert-OH is 7. The molecular weight excluding hydrogens is 847 g/mol. The average molecular weight is 959 g/mol. The van der Waals surface area contributed by atoms with E-state index in [-0.39, 0.29) is 6.42 Å². The molecule has 1 aliphatic heterocycles. The number of ether oxygens (including phenoxy) is 2. The number of rotatable bonds is 50.